The van der Waals surface area contributed by atoms with Crippen molar-refractivity contribution in [2.45, 2.75) is 26.4 Å². The van der Waals surface area contributed by atoms with Crippen LogP contribution in [0.15, 0.2) is 82.4 Å². The van der Waals surface area contributed by atoms with Gasteiger partial charge in [-0.15, -0.1) is 9.24 Å². The van der Waals surface area contributed by atoms with Crippen LogP contribution in [-0.4, -0.2) is 14.2 Å². The number of aromatic nitrogens is 2. The summed E-state index contributed by atoms with van der Waals surface area (Å²) in [6, 6.07) is 20.6. The Balaban J connectivity index is 1.89. The number of hydrogen-bond donors (Lipinski definition) is 1. The first-order chi connectivity index (χ1) is 15.9. The molecule has 0 saturated heterocycles. The van der Waals surface area contributed by atoms with E-state index in [1.807, 2.05) is 30.3 Å². The largest absolute Gasteiger partial charge is 0.508 e. The standard InChI is InChI=1S/C26H24FN2O3P/c1-17-24(19-10-12-20(30)13-11-19)25(31)28(15-14-18-6-3-2-4-7-18)26(32)29(17)16-21-22(27)8-5-9-23(21)33/h2-13,30H,14-16,33H2,1H3. The van der Waals surface area contributed by atoms with E-state index in [4.69, 9.17) is 0 Å². The van der Waals surface area contributed by atoms with Crippen molar-refractivity contribution < 1.29 is 9.50 Å². The second-order valence-corrected chi connectivity index (χ2v) is 8.50. The van der Waals surface area contributed by atoms with E-state index in [0.717, 1.165) is 5.56 Å². The Hall–Kier alpha value is -3.50. The maximum Gasteiger partial charge on any atom is 0.331 e. The molecule has 1 atom stereocenters. The van der Waals surface area contributed by atoms with Crippen molar-refractivity contribution >= 4 is 14.5 Å². The number of benzene rings is 3. The van der Waals surface area contributed by atoms with Crippen molar-refractivity contribution in [3.63, 3.8) is 0 Å². The van der Waals surface area contributed by atoms with Gasteiger partial charge in [-0.05, 0) is 48.0 Å². The Kier molecular flexibility index (Phi) is 6.57. The molecule has 0 aliphatic heterocycles. The third kappa shape index (κ3) is 4.67. The molecule has 1 heterocycles. The van der Waals surface area contributed by atoms with Crippen LogP contribution in [0.3, 0.4) is 0 Å². The van der Waals surface area contributed by atoms with Crippen LogP contribution in [0.4, 0.5) is 4.39 Å². The topological polar surface area (TPSA) is 64.2 Å². The van der Waals surface area contributed by atoms with Crippen molar-refractivity contribution in [2.75, 3.05) is 0 Å². The SMILES string of the molecule is Cc1c(-c2ccc(O)cc2)c(=O)n(CCc2ccccc2)c(=O)n1Cc1c(F)cccc1P. The minimum atomic E-state index is -0.483. The second-order valence-electron chi connectivity index (χ2n) is 7.88. The molecule has 0 bridgehead atoms. The van der Waals surface area contributed by atoms with E-state index in [-0.39, 0.29) is 18.8 Å². The van der Waals surface area contributed by atoms with Crippen LogP contribution in [0.2, 0.25) is 0 Å². The molecule has 0 aliphatic rings. The maximum atomic E-state index is 14.6. The number of halogens is 1. The molecule has 168 valence electrons. The van der Waals surface area contributed by atoms with Gasteiger partial charge in [-0.25, -0.2) is 9.18 Å². The summed E-state index contributed by atoms with van der Waals surface area (Å²) in [5, 5.41) is 10.3. The third-order valence-corrected chi connectivity index (χ3v) is 6.32. The summed E-state index contributed by atoms with van der Waals surface area (Å²) in [7, 11) is 2.49. The van der Waals surface area contributed by atoms with E-state index in [2.05, 4.69) is 9.24 Å². The molecule has 1 aromatic heterocycles. The number of phenolic OH excluding ortho intramolecular Hbond substituents is 1. The predicted octanol–water partition coefficient (Wildman–Crippen LogP) is 3.62. The fraction of sp³-hybridized carbons (Fsp3) is 0.154. The summed E-state index contributed by atoms with van der Waals surface area (Å²) in [6.45, 7) is 1.88. The van der Waals surface area contributed by atoms with Gasteiger partial charge in [-0.2, -0.15) is 0 Å². The molecule has 0 saturated carbocycles. The van der Waals surface area contributed by atoms with Gasteiger partial charge in [0, 0.05) is 17.8 Å². The summed E-state index contributed by atoms with van der Waals surface area (Å²) >= 11 is 0. The number of hydrogen-bond acceptors (Lipinski definition) is 3. The molecule has 4 rings (SSSR count). The van der Waals surface area contributed by atoms with Gasteiger partial charge in [0.1, 0.15) is 11.6 Å². The van der Waals surface area contributed by atoms with Crippen molar-refractivity contribution in [1.29, 1.82) is 0 Å². The Labute approximate surface area is 193 Å². The van der Waals surface area contributed by atoms with Gasteiger partial charge in [0.15, 0.2) is 0 Å². The van der Waals surface area contributed by atoms with Gasteiger partial charge in [-0.3, -0.25) is 13.9 Å². The Morgan fingerprint density at radius 2 is 1.61 bits per heavy atom. The first kappa shape index (κ1) is 22.7. The van der Waals surface area contributed by atoms with Crippen LogP contribution >= 0.6 is 9.24 Å². The van der Waals surface area contributed by atoms with E-state index < -0.39 is 17.1 Å². The lowest BCUT2D eigenvalue weighted by Crippen LogP contribution is -2.43. The maximum absolute atomic E-state index is 14.6. The highest BCUT2D eigenvalue weighted by atomic mass is 31.0. The molecule has 5 nitrogen and oxygen atoms in total. The Morgan fingerprint density at radius 3 is 2.27 bits per heavy atom. The molecule has 33 heavy (non-hydrogen) atoms. The molecular weight excluding hydrogens is 438 g/mol. The summed E-state index contributed by atoms with van der Waals surface area (Å²) in [6.07, 6.45) is 0.503. The molecule has 1 unspecified atom stereocenters. The van der Waals surface area contributed by atoms with Crippen molar-refractivity contribution in [1.82, 2.24) is 9.13 Å². The van der Waals surface area contributed by atoms with E-state index >= 15 is 0 Å². The zero-order valence-electron chi connectivity index (χ0n) is 18.2. The summed E-state index contributed by atoms with van der Waals surface area (Å²) in [4.78, 5) is 26.9. The smallest absolute Gasteiger partial charge is 0.331 e. The monoisotopic (exact) mass is 462 g/mol. The first-order valence-corrected chi connectivity index (χ1v) is 11.1. The summed E-state index contributed by atoms with van der Waals surface area (Å²) in [5.41, 5.74) is 1.86. The van der Waals surface area contributed by atoms with Gasteiger partial charge >= 0.3 is 5.69 Å². The molecule has 0 amide bonds. The minimum Gasteiger partial charge on any atom is -0.508 e. The van der Waals surface area contributed by atoms with Crippen LogP contribution in [0.1, 0.15) is 16.8 Å². The molecule has 1 N–H and O–H groups in total. The highest BCUT2D eigenvalue weighted by molar-refractivity contribution is 7.27. The van der Waals surface area contributed by atoms with Crippen LogP contribution in [-0.2, 0) is 19.5 Å². The van der Waals surface area contributed by atoms with Crippen LogP contribution in [0.25, 0.3) is 11.1 Å². The number of aryl methyl sites for hydroxylation is 1. The van der Waals surface area contributed by atoms with Crippen LogP contribution < -0.4 is 16.6 Å². The average Bonchev–Trinajstić information content (AvgIpc) is 2.80. The van der Waals surface area contributed by atoms with Gasteiger partial charge in [0.05, 0.1) is 12.1 Å². The Bertz CT molecular complexity index is 1390. The van der Waals surface area contributed by atoms with Crippen molar-refractivity contribution in [3.05, 3.63) is 116 Å². The average molecular weight is 462 g/mol. The van der Waals surface area contributed by atoms with E-state index in [1.54, 1.807) is 31.2 Å². The number of rotatable bonds is 6. The molecule has 0 spiro atoms. The predicted molar refractivity (Wildman–Crippen MR) is 132 cm³/mol. The lowest BCUT2D eigenvalue weighted by atomic mass is 10.0. The lowest BCUT2D eigenvalue weighted by molar-refractivity contribution is 0.475. The highest BCUT2D eigenvalue weighted by Gasteiger charge is 2.19. The van der Waals surface area contributed by atoms with E-state index in [9.17, 15) is 19.1 Å². The number of nitrogens with zero attached hydrogens (tertiary/aromatic N) is 2. The van der Waals surface area contributed by atoms with E-state index in [1.165, 1.54) is 27.3 Å². The first-order valence-electron chi connectivity index (χ1n) is 10.6. The fourth-order valence-corrected chi connectivity index (χ4v) is 4.27. The van der Waals surface area contributed by atoms with Crippen LogP contribution in [0, 0.1) is 12.7 Å². The highest BCUT2D eigenvalue weighted by Crippen LogP contribution is 2.22. The minimum absolute atomic E-state index is 0.00707. The van der Waals surface area contributed by atoms with Crippen LogP contribution in [0.5, 0.6) is 5.75 Å². The molecule has 3 aromatic carbocycles. The number of phenols is 1. The second kappa shape index (κ2) is 9.55. The fourth-order valence-electron chi connectivity index (χ4n) is 3.93. The normalized spacial score (nSPS) is 11.0. The zero-order chi connectivity index (χ0) is 23.5. The van der Waals surface area contributed by atoms with Crippen molar-refractivity contribution in [2.24, 2.45) is 0 Å². The van der Waals surface area contributed by atoms with Gasteiger partial charge in [0.25, 0.3) is 5.56 Å². The molecule has 4 aromatic rings. The zero-order valence-corrected chi connectivity index (χ0v) is 19.3. The number of aromatic hydroxyl groups is 1. The van der Waals surface area contributed by atoms with E-state index in [0.29, 0.717) is 34.1 Å². The molecule has 0 fully saturated rings. The molecule has 0 radical (unpaired) electrons. The Morgan fingerprint density at radius 1 is 0.909 bits per heavy atom. The summed E-state index contributed by atoms with van der Waals surface area (Å²) in [5.74, 6) is -0.338. The van der Waals surface area contributed by atoms with Gasteiger partial charge in [0.2, 0.25) is 0 Å². The van der Waals surface area contributed by atoms with Gasteiger partial charge < -0.3 is 5.11 Å². The van der Waals surface area contributed by atoms with Crippen molar-refractivity contribution in [3.8, 4) is 16.9 Å². The summed E-state index contributed by atoms with van der Waals surface area (Å²) < 4.78 is 17.3. The molecular formula is C26H24FN2O3P. The molecule has 0 aliphatic carbocycles. The molecule has 7 heteroatoms. The quantitative estimate of drug-likeness (QED) is 0.445. The lowest BCUT2D eigenvalue weighted by Gasteiger charge is -2.19. The third-order valence-electron chi connectivity index (χ3n) is 5.78. The van der Waals surface area contributed by atoms with Gasteiger partial charge in [-0.1, -0.05) is 54.6 Å².